The van der Waals surface area contributed by atoms with Gasteiger partial charge >= 0.3 is 0 Å². The zero-order chi connectivity index (χ0) is 14.5. The first-order valence-electron chi connectivity index (χ1n) is 6.38. The third-order valence-corrected chi connectivity index (χ3v) is 4.76. The molecule has 0 amide bonds. The predicted molar refractivity (Wildman–Crippen MR) is 75.9 cm³/mol. The summed E-state index contributed by atoms with van der Waals surface area (Å²) in [5.41, 5.74) is -0.244. The van der Waals surface area contributed by atoms with E-state index in [1.165, 1.54) is 6.07 Å². The number of pyridine rings is 1. The molecule has 1 heterocycles. The Morgan fingerprint density at radius 1 is 1.37 bits per heavy atom. The van der Waals surface area contributed by atoms with Gasteiger partial charge < -0.3 is 10.4 Å². The summed E-state index contributed by atoms with van der Waals surface area (Å²) in [4.78, 5) is 4.27. The molecule has 5 nitrogen and oxygen atoms in total. The van der Waals surface area contributed by atoms with E-state index in [4.69, 9.17) is 0 Å². The first-order chi connectivity index (χ1) is 8.88. The van der Waals surface area contributed by atoms with Gasteiger partial charge in [-0.25, -0.2) is 13.4 Å². The van der Waals surface area contributed by atoms with E-state index in [0.717, 1.165) is 19.1 Å². The van der Waals surface area contributed by atoms with Crippen molar-refractivity contribution < 1.29 is 13.5 Å². The zero-order valence-corrected chi connectivity index (χ0v) is 12.5. The van der Waals surface area contributed by atoms with Crippen LogP contribution in [0.3, 0.4) is 0 Å². The molecule has 6 heteroatoms. The lowest BCUT2D eigenvalue weighted by molar-refractivity contribution is 0.127. The van der Waals surface area contributed by atoms with Crippen molar-refractivity contribution in [2.24, 2.45) is 5.41 Å². The van der Waals surface area contributed by atoms with Gasteiger partial charge in [-0.2, -0.15) is 0 Å². The minimum absolute atomic E-state index is 0.0635. The Bertz CT molecular complexity index is 502. The van der Waals surface area contributed by atoms with Crippen molar-refractivity contribution in [1.82, 2.24) is 4.98 Å². The normalized spacial score (nSPS) is 12.4. The molecule has 0 radical (unpaired) electrons. The van der Waals surface area contributed by atoms with E-state index in [9.17, 15) is 13.5 Å². The predicted octanol–water partition coefficient (Wildman–Crippen LogP) is 1.70. The smallest absolute Gasteiger partial charge is 0.179 e. The lowest BCUT2D eigenvalue weighted by Gasteiger charge is -2.30. The molecule has 0 unspecified atom stereocenters. The molecule has 0 aliphatic heterocycles. The van der Waals surface area contributed by atoms with Gasteiger partial charge in [0.15, 0.2) is 9.84 Å². The summed E-state index contributed by atoms with van der Waals surface area (Å²) in [7, 11) is -3.31. The first-order valence-corrected chi connectivity index (χ1v) is 8.27. The number of nitrogens with one attached hydrogen (secondary N) is 1. The first kappa shape index (κ1) is 15.9. The maximum absolute atomic E-state index is 11.7. The Morgan fingerprint density at radius 3 is 2.47 bits per heavy atom. The standard InChI is InChI=1S/C13H22N2O3S/c1-4-13(5-2,10-16)9-15-12-11(19(3,17)18)7-6-8-14-12/h6-8,16H,4-5,9-10H2,1-3H3,(H,14,15). The summed E-state index contributed by atoms with van der Waals surface area (Å²) in [5, 5.41) is 12.6. The molecular weight excluding hydrogens is 264 g/mol. The van der Waals surface area contributed by atoms with Crippen LogP contribution in [0.5, 0.6) is 0 Å². The molecule has 0 aromatic carbocycles. The number of aliphatic hydroxyl groups excluding tert-OH is 1. The molecule has 0 spiro atoms. The molecule has 1 aromatic heterocycles. The van der Waals surface area contributed by atoms with Crippen LogP contribution in [-0.2, 0) is 9.84 Å². The third-order valence-electron chi connectivity index (χ3n) is 3.64. The number of nitrogens with zero attached hydrogens (tertiary/aromatic N) is 1. The Balaban J connectivity index is 2.96. The van der Waals surface area contributed by atoms with Gasteiger partial charge in [0.05, 0.1) is 6.61 Å². The van der Waals surface area contributed by atoms with E-state index in [-0.39, 0.29) is 16.9 Å². The van der Waals surface area contributed by atoms with E-state index in [1.807, 2.05) is 13.8 Å². The van der Waals surface area contributed by atoms with Gasteiger partial charge in [-0.05, 0) is 25.0 Å². The second-order valence-electron chi connectivity index (χ2n) is 4.84. The largest absolute Gasteiger partial charge is 0.396 e. The van der Waals surface area contributed by atoms with Gasteiger partial charge in [0, 0.05) is 24.4 Å². The SMILES string of the molecule is CCC(CC)(CO)CNc1ncccc1S(C)(=O)=O. The lowest BCUT2D eigenvalue weighted by Crippen LogP contribution is -2.32. The fraction of sp³-hybridized carbons (Fsp3) is 0.615. The Morgan fingerprint density at radius 2 is 2.00 bits per heavy atom. The fourth-order valence-corrected chi connectivity index (χ4v) is 2.68. The van der Waals surface area contributed by atoms with Gasteiger partial charge in [-0.1, -0.05) is 13.8 Å². The van der Waals surface area contributed by atoms with Crippen LogP contribution in [0.4, 0.5) is 5.82 Å². The molecule has 19 heavy (non-hydrogen) atoms. The number of rotatable bonds is 7. The van der Waals surface area contributed by atoms with Crippen molar-refractivity contribution in [2.75, 3.05) is 24.7 Å². The van der Waals surface area contributed by atoms with Crippen LogP contribution >= 0.6 is 0 Å². The molecule has 0 aliphatic carbocycles. The van der Waals surface area contributed by atoms with Crippen LogP contribution in [-0.4, -0.2) is 37.9 Å². The van der Waals surface area contributed by atoms with Crippen molar-refractivity contribution in [3.05, 3.63) is 18.3 Å². The van der Waals surface area contributed by atoms with E-state index >= 15 is 0 Å². The summed E-state index contributed by atoms with van der Waals surface area (Å²) in [6, 6.07) is 3.13. The van der Waals surface area contributed by atoms with Crippen molar-refractivity contribution in [1.29, 1.82) is 0 Å². The van der Waals surface area contributed by atoms with Gasteiger partial charge in [-0.15, -0.1) is 0 Å². The minimum Gasteiger partial charge on any atom is -0.396 e. The highest BCUT2D eigenvalue weighted by atomic mass is 32.2. The maximum Gasteiger partial charge on any atom is 0.179 e. The molecule has 0 aliphatic rings. The second kappa shape index (κ2) is 6.34. The Kier molecular flexibility index (Phi) is 5.31. The molecule has 1 rings (SSSR count). The van der Waals surface area contributed by atoms with Crippen LogP contribution in [0, 0.1) is 5.41 Å². The summed E-state index contributed by atoms with van der Waals surface area (Å²) >= 11 is 0. The van der Waals surface area contributed by atoms with E-state index in [0.29, 0.717) is 12.4 Å². The summed E-state index contributed by atoms with van der Waals surface area (Å²) < 4.78 is 23.3. The van der Waals surface area contributed by atoms with Gasteiger partial charge in [0.25, 0.3) is 0 Å². The average Bonchev–Trinajstić information content (AvgIpc) is 2.40. The van der Waals surface area contributed by atoms with E-state index < -0.39 is 9.84 Å². The number of sulfone groups is 1. The second-order valence-corrected chi connectivity index (χ2v) is 6.83. The lowest BCUT2D eigenvalue weighted by atomic mass is 9.83. The molecule has 0 fully saturated rings. The Labute approximate surface area is 115 Å². The molecule has 1 aromatic rings. The Hall–Kier alpha value is -1.14. The van der Waals surface area contributed by atoms with Crippen LogP contribution in [0.1, 0.15) is 26.7 Å². The van der Waals surface area contributed by atoms with Crippen molar-refractivity contribution >= 4 is 15.7 Å². The van der Waals surface area contributed by atoms with Crippen molar-refractivity contribution in [2.45, 2.75) is 31.6 Å². The topological polar surface area (TPSA) is 79.3 Å². The molecule has 0 saturated carbocycles. The molecule has 0 atom stereocenters. The van der Waals surface area contributed by atoms with Crippen molar-refractivity contribution in [3.63, 3.8) is 0 Å². The van der Waals surface area contributed by atoms with Crippen molar-refractivity contribution in [3.8, 4) is 0 Å². The van der Waals surface area contributed by atoms with Crippen LogP contribution in [0.25, 0.3) is 0 Å². The quantitative estimate of drug-likeness (QED) is 0.797. The molecule has 2 N–H and O–H groups in total. The average molecular weight is 286 g/mol. The minimum atomic E-state index is -3.31. The summed E-state index contributed by atoms with van der Waals surface area (Å²) in [6.07, 6.45) is 4.34. The van der Waals surface area contributed by atoms with Crippen LogP contribution < -0.4 is 5.32 Å². The number of anilines is 1. The van der Waals surface area contributed by atoms with E-state index in [1.54, 1.807) is 12.3 Å². The number of aromatic nitrogens is 1. The monoisotopic (exact) mass is 286 g/mol. The van der Waals surface area contributed by atoms with Gasteiger partial charge in [0.1, 0.15) is 10.7 Å². The number of hydrogen-bond acceptors (Lipinski definition) is 5. The molecule has 0 saturated heterocycles. The molecular formula is C13H22N2O3S. The highest BCUT2D eigenvalue weighted by Crippen LogP contribution is 2.27. The highest BCUT2D eigenvalue weighted by Gasteiger charge is 2.26. The number of hydrogen-bond donors (Lipinski definition) is 2. The molecule has 108 valence electrons. The fourth-order valence-electron chi connectivity index (χ4n) is 1.87. The van der Waals surface area contributed by atoms with Gasteiger partial charge in [-0.3, -0.25) is 0 Å². The van der Waals surface area contributed by atoms with Crippen LogP contribution in [0.15, 0.2) is 23.2 Å². The maximum atomic E-state index is 11.7. The summed E-state index contributed by atoms with van der Waals surface area (Å²) in [5.74, 6) is 0.352. The zero-order valence-electron chi connectivity index (χ0n) is 11.7. The number of aliphatic hydroxyl groups is 1. The molecule has 0 bridgehead atoms. The summed E-state index contributed by atoms with van der Waals surface area (Å²) in [6.45, 7) is 4.58. The third kappa shape index (κ3) is 3.91. The highest BCUT2D eigenvalue weighted by molar-refractivity contribution is 7.90. The van der Waals surface area contributed by atoms with E-state index in [2.05, 4.69) is 10.3 Å². The van der Waals surface area contributed by atoms with Crippen LogP contribution in [0.2, 0.25) is 0 Å². The van der Waals surface area contributed by atoms with Gasteiger partial charge in [0.2, 0.25) is 0 Å².